The van der Waals surface area contributed by atoms with Crippen molar-refractivity contribution < 1.29 is 29.9 Å². The molecule has 5 atom stereocenters. The zero-order chi connectivity index (χ0) is 25.4. The summed E-state index contributed by atoms with van der Waals surface area (Å²) in [6.45, 7) is -0.552. The minimum Gasteiger partial charge on any atom is -0.462 e. The van der Waals surface area contributed by atoms with Gasteiger partial charge in [-0.2, -0.15) is 10.4 Å². The number of aliphatic hydroxyl groups excluding tert-OH is 4. The molecule has 1 aliphatic rings. The van der Waals surface area contributed by atoms with Gasteiger partial charge in [0.15, 0.2) is 11.5 Å². The molecule has 36 heavy (non-hydrogen) atoms. The highest BCUT2D eigenvalue weighted by Crippen LogP contribution is 2.28. The van der Waals surface area contributed by atoms with Crippen LogP contribution in [0.1, 0.15) is 5.56 Å². The topological polar surface area (TPSA) is 193 Å². The van der Waals surface area contributed by atoms with E-state index < -0.39 is 37.3 Å². The number of nitriles is 1. The number of nitrogens with zero attached hydrogens (tertiary/aromatic N) is 5. The molecular weight excluding hydrogens is 468 g/mol. The van der Waals surface area contributed by atoms with E-state index in [1.54, 1.807) is 59.4 Å². The van der Waals surface area contributed by atoms with Gasteiger partial charge in [0, 0.05) is 5.56 Å². The second-order valence-electron chi connectivity index (χ2n) is 8.22. The highest BCUT2D eigenvalue weighted by atomic mass is 16.7. The Morgan fingerprint density at radius 3 is 2.39 bits per heavy atom. The van der Waals surface area contributed by atoms with E-state index in [9.17, 15) is 20.4 Å². The molecule has 6 N–H and O–H groups in total. The number of nitrogens with two attached hydrogens (primary N) is 1. The SMILES string of the molecule is N#Cc1ccc(-n2ncc3c(N)nc(-c4ccc(OC5OC(CO)C(O)C(O)C5O)cc4)nc32)cc1. The van der Waals surface area contributed by atoms with Crippen molar-refractivity contribution >= 4 is 16.9 Å². The monoisotopic (exact) mass is 490 g/mol. The number of aliphatic hydroxyl groups is 4. The van der Waals surface area contributed by atoms with Crippen molar-refractivity contribution in [1.29, 1.82) is 5.26 Å². The van der Waals surface area contributed by atoms with Gasteiger partial charge in [-0.05, 0) is 48.5 Å². The molecule has 0 amide bonds. The van der Waals surface area contributed by atoms with Gasteiger partial charge in [0.2, 0.25) is 6.29 Å². The van der Waals surface area contributed by atoms with Crippen LogP contribution in [0.5, 0.6) is 5.75 Å². The third-order valence-electron chi connectivity index (χ3n) is 5.91. The maximum atomic E-state index is 10.2. The third-order valence-corrected chi connectivity index (χ3v) is 5.91. The van der Waals surface area contributed by atoms with Gasteiger partial charge in [-0.25, -0.2) is 14.6 Å². The van der Waals surface area contributed by atoms with Crippen LogP contribution in [0, 0.1) is 11.3 Å². The molecule has 1 aliphatic heterocycles. The summed E-state index contributed by atoms with van der Waals surface area (Å²) in [5.41, 5.74) is 8.51. The minimum absolute atomic E-state index is 0.247. The molecule has 1 fully saturated rings. The fourth-order valence-electron chi connectivity index (χ4n) is 3.91. The molecule has 184 valence electrons. The largest absolute Gasteiger partial charge is 0.462 e. The molecule has 2 aromatic carbocycles. The Balaban J connectivity index is 1.41. The standard InChI is InChI=1S/C24H22N6O6/c25-9-12-1-5-14(6-2-12)30-23-16(10-27-30)21(26)28-22(29-23)13-3-7-15(8-4-13)35-24-20(34)19(33)18(32)17(11-31)36-24/h1-8,10,17-20,24,31-34H,11H2,(H2,26,28,29). The zero-order valence-electron chi connectivity index (χ0n) is 18.7. The fourth-order valence-corrected chi connectivity index (χ4v) is 3.91. The maximum absolute atomic E-state index is 10.2. The lowest BCUT2D eigenvalue weighted by atomic mass is 9.99. The molecule has 2 aromatic heterocycles. The van der Waals surface area contributed by atoms with Crippen LogP contribution >= 0.6 is 0 Å². The molecule has 12 nitrogen and oxygen atoms in total. The Bertz CT molecular complexity index is 1420. The molecule has 5 unspecified atom stereocenters. The number of fused-ring (bicyclic) bond motifs is 1. The molecule has 0 spiro atoms. The predicted octanol–water partition coefficient (Wildman–Crippen LogP) is 0.115. The molecule has 5 rings (SSSR count). The number of ether oxygens (including phenoxy) is 2. The lowest BCUT2D eigenvalue weighted by molar-refractivity contribution is -0.277. The van der Waals surface area contributed by atoms with Crippen molar-refractivity contribution in [3.8, 4) is 28.9 Å². The normalized spacial score (nSPS) is 23.9. The van der Waals surface area contributed by atoms with Gasteiger partial charge in [0.1, 0.15) is 36.0 Å². The van der Waals surface area contributed by atoms with E-state index in [1.807, 2.05) is 0 Å². The van der Waals surface area contributed by atoms with E-state index in [0.717, 1.165) is 0 Å². The Labute approximate surface area is 204 Å². The van der Waals surface area contributed by atoms with Crippen LogP contribution in [0.25, 0.3) is 28.1 Å². The van der Waals surface area contributed by atoms with Crippen LogP contribution in [0.3, 0.4) is 0 Å². The molecule has 0 aliphatic carbocycles. The summed E-state index contributed by atoms with van der Waals surface area (Å²) in [4.78, 5) is 9.01. The minimum atomic E-state index is -1.54. The molecule has 0 radical (unpaired) electrons. The highest BCUT2D eigenvalue weighted by Gasteiger charge is 2.44. The second kappa shape index (κ2) is 9.50. The second-order valence-corrected chi connectivity index (χ2v) is 8.22. The van der Waals surface area contributed by atoms with Crippen molar-refractivity contribution in [2.24, 2.45) is 0 Å². The summed E-state index contributed by atoms with van der Waals surface area (Å²) in [5, 5.41) is 53.3. The summed E-state index contributed by atoms with van der Waals surface area (Å²) in [6, 6.07) is 15.5. The van der Waals surface area contributed by atoms with Crippen molar-refractivity contribution in [1.82, 2.24) is 19.7 Å². The van der Waals surface area contributed by atoms with Gasteiger partial charge in [0.25, 0.3) is 0 Å². The molecule has 12 heteroatoms. The van der Waals surface area contributed by atoms with Crippen molar-refractivity contribution in [2.75, 3.05) is 12.3 Å². The molecular formula is C24H22N6O6. The van der Waals surface area contributed by atoms with E-state index in [4.69, 9.17) is 20.5 Å². The number of benzene rings is 2. The van der Waals surface area contributed by atoms with E-state index in [1.165, 1.54) is 0 Å². The lowest BCUT2D eigenvalue weighted by Gasteiger charge is -2.39. The van der Waals surface area contributed by atoms with Crippen LogP contribution in [-0.4, -0.2) is 77.5 Å². The molecule has 3 heterocycles. The first kappa shape index (κ1) is 23.6. The number of hydrogen-bond donors (Lipinski definition) is 5. The van der Waals surface area contributed by atoms with Crippen molar-refractivity contribution in [3.63, 3.8) is 0 Å². The van der Waals surface area contributed by atoms with E-state index in [0.29, 0.717) is 39.4 Å². The number of rotatable bonds is 5. The van der Waals surface area contributed by atoms with Gasteiger partial charge in [-0.15, -0.1) is 0 Å². The zero-order valence-corrected chi connectivity index (χ0v) is 18.7. The summed E-state index contributed by atoms with van der Waals surface area (Å²) in [5.74, 6) is 0.895. The van der Waals surface area contributed by atoms with E-state index >= 15 is 0 Å². The summed E-state index contributed by atoms with van der Waals surface area (Å²) in [6.07, 6.45) is -5.32. The average molecular weight is 490 g/mol. The van der Waals surface area contributed by atoms with Crippen LogP contribution in [0.2, 0.25) is 0 Å². The maximum Gasteiger partial charge on any atom is 0.229 e. The number of nitrogen functional groups attached to an aromatic ring is 1. The number of aromatic nitrogens is 4. The van der Waals surface area contributed by atoms with Gasteiger partial charge >= 0.3 is 0 Å². The van der Waals surface area contributed by atoms with Gasteiger partial charge < -0.3 is 35.6 Å². The third kappa shape index (κ3) is 4.22. The Kier molecular flexibility index (Phi) is 6.23. The van der Waals surface area contributed by atoms with Crippen molar-refractivity contribution in [3.05, 3.63) is 60.3 Å². The van der Waals surface area contributed by atoms with E-state index in [2.05, 4.69) is 21.1 Å². The van der Waals surface area contributed by atoms with Crippen LogP contribution < -0.4 is 10.5 Å². The Morgan fingerprint density at radius 2 is 1.72 bits per heavy atom. The highest BCUT2D eigenvalue weighted by molar-refractivity contribution is 5.88. The lowest BCUT2D eigenvalue weighted by Crippen LogP contribution is -2.60. The summed E-state index contributed by atoms with van der Waals surface area (Å²) >= 11 is 0. The van der Waals surface area contributed by atoms with Crippen molar-refractivity contribution in [2.45, 2.75) is 30.7 Å². The molecule has 0 bridgehead atoms. The smallest absolute Gasteiger partial charge is 0.229 e. The first-order valence-corrected chi connectivity index (χ1v) is 11.0. The fraction of sp³-hybridized carbons (Fsp3) is 0.250. The Hall–Kier alpha value is -4.12. The first-order chi connectivity index (χ1) is 17.4. The molecule has 1 saturated heterocycles. The average Bonchev–Trinajstić information content (AvgIpc) is 3.34. The first-order valence-electron chi connectivity index (χ1n) is 11.0. The number of hydrogen-bond acceptors (Lipinski definition) is 11. The number of anilines is 1. The van der Waals surface area contributed by atoms with Gasteiger partial charge in [-0.3, -0.25) is 0 Å². The Morgan fingerprint density at radius 1 is 1.00 bits per heavy atom. The molecule has 4 aromatic rings. The van der Waals surface area contributed by atoms with Gasteiger partial charge in [0.05, 0.1) is 35.5 Å². The summed E-state index contributed by atoms with van der Waals surface area (Å²) < 4.78 is 12.6. The van der Waals surface area contributed by atoms with E-state index in [-0.39, 0.29) is 5.82 Å². The quantitative estimate of drug-likeness (QED) is 0.255. The summed E-state index contributed by atoms with van der Waals surface area (Å²) in [7, 11) is 0. The van der Waals surface area contributed by atoms with Gasteiger partial charge in [-0.1, -0.05) is 0 Å². The van der Waals surface area contributed by atoms with Crippen LogP contribution in [0.15, 0.2) is 54.7 Å². The van der Waals surface area contributed by atoms with Crippen LogP contribution in [0.4, 0.5) is 5.82 Å². The van der Waals surface area contributed by atoms with Crippen LogP contribution in [-0.2, 0) is 4.74 Å². The predicted molar refractivity (Wildman–Crippen MR) is 126 cm³/mol. The molecule has 0 saturated carbocycles.